The molecular weight excluding hydrogens is 667 g/mol. The van der Waals surface area contributed by atoms with Crippen LogP contribution >= 0.6 is 11.3 Å². The van der Waals surface area contributed by atoms with Crippen LogP contribution in [0.5, 0.6) is 5.88 Å². The molecule has 0 spiro atoms. The van der Waals surface area contributed by atoms with Crippen LogP contribution < -0.4 is 21.1 Å². The lowest BCUT2D eigenvalue weighted by Crippen LogP contribution is -2.38. The van der Waals surface area contributed by atoms with Crippen molar-refractivity contribution >= 4 is 34.3 Å². The molecule has 3 aromatic heterocycles. The van der Waals surface area contributed by atoms with Gasteiger partial charge < -0.3 is 30.4 Å². The fraction of sp³-hybridized carbons (Fsp3) is 0.568. The van der Waals surface area contributed by atoms with E-state index in [0.717, 1.165) is 74.0 Å². The molecule has 0 radical (unpaired) electrons. The highest BCUT2D eigenvalue weighted by atomic mass is 32.1. The number of nitrogens with one attached hydrogen (secondary N) is 2. The molecule has 2 aliphatic heterocycles. The van der Waals surface area contributed by atoms with E-state index in [-0.39, 0.29) is 29.8 Å². The van der Waals surface area contributed by atoms with E-state index in [1.54, 1.807) is 23.7 Å². The maximum absolute atomic E-state index is 12.5. The molecule has 1 aliphatic carbocycles. The first-order valence-corrected chi connectivity index (χ1v) is 19.0. The van der Waals surface area contributed by atoms with E-state index < -0.39 is 0 Å². The minimum absolute atomic E-state index is 0.0368. The lowest BCUT2D eigenvalue weighted by atomic mass is 9.82. The predicted molar refractivity (Wildman–Crippen MR) is 200 cm³/mol. The fourth-order valence-electron chi connectivity index (χ4n) is 7.13. The molecule has 3 unspecified atom stereocenters. The Morgan fingerprint density at radius 2 is 2.14 bits per heavy atom. The molecular formula is C37H51N9O4S. The van der Waals surface area contributed by atoms with Gasteiger partial charge in [-0.2, -0.15) is 10.2 Å². The van der Waals surface area contributed by atoms with Gasteiger partial charge in [0.2, 0.25) is 5.88 Å². The number of hydrogen-bond acceptors (Lipinski definition) is 13. The molecule has 2 saturated heterocycles. The number of likely N-dealkylation sites (tertiary alicyclic amines) is 1. The van der Waals surface area contributed by atoms with Crippen molar-refractivity contribution in [2.75, 3.05) is 39.2 Å². The van der Waals surface area contributed by atoms with Gasteiger partial charge in [-0.05, 0) is 95.9 Å². The molecule has 3 aliphatic rings. The van der Waals surface area contributed by atoms with Crippen LogP contribution in [0.25, 0.3) is 11.5 Å². The largest absolute Gasteiger partial charge is 0.473 e. The van der Waals surface area contributed by atoms with Crippen molar-refractivity contribution in [1.82, 2.24) is 25.3 Å². The van der Waals surface area contributed by atoms with Crippen molar-refractivity contribution in [3.8, 4) is 23.5 Å². The number of thiophene rings is 1. The second-order valence-electron chi connectivity index (χ2n) is 13.0. The summed E-state index contributed by atoms with van der Waals surface area (Å²) in [5.41, 5.74) is 9.53. The quantitative estimate of drug-likeness (QED) is 0.142. The Labute approximate surface area is 304 Å². The van der Waals surface area contributed by atoms with Crippen LogP contribution in [0.1, 0.15) is 93.2 Å². The number of nitriles is 1. The van der Waals surface area contributed by atoms with E-state index in [1.165, 1.54) is 22.7 Å². The average molecular weight is 718 g/mol. The van der Waals surface area contributed by atoms with Gasteiger partial charge >= 0.3 is 0 Å². The van der Waals surface area contributed by atoms with Gasteiger partial charge in [-0.3, -0.25) is 9.69 Å². The summed E-state index contributed by atoms with van der Waals surface area (Å²) in [6.07, 6.45) is 13.2. The number of rotatable bonds is 13. The van der Waals surface area contributed by atoms with E-state index in [2.05, 4.69) is 45.7 Å². The number of aromatic nitrogens is 3. The summed E-state index contributed by atoms with van der Waals surface area (Å²) in [6, 6.07) is 4.35. The number of fused-ring (bicyclic) bond motifs is 1. The normalized spacial score (nSPS) is 21.1. The summed E-state index contributed by atoms with van der Waals surface area (Å²) in [5.74, 6) is 1.04. The third-order valence-corrected chi connectivity index (χ3v) is 11.0. The number of ether oxygens (including phenoxy) is 2. The van der Waals surface area contributed by atoms with Crippen molar-refractivity contribution in [2.24, 2.45) is 10.7 Å². The number of nitrogens with zero attached hydrogens (tertiary/aromatic N) is 6. The molecule has 1 amide bonds. The monoisotopic (exact) mass is 717 g/mol. The van der Waals surface area contributed by atoms with Gasteiger partial charge in [0.25, 0.3) is 5.91 Å². The van der Waals surface area contributed by atoms with Crippen molar-refractivity contribution < 1.29 is 18.8 Å². The number of amides is 1. The van der Waals surface area contributed by atoms with Gasteiger partial charge in [-0.15, -0.1) is 11.3 Å². The molecule has 274 valence electrons. The Bertz CT molecular complexity index is 1720. The number of aliphatic imine (C=N–C) groups is 1. The maximum Gasteiger partial charge on any atom is 0.267 e. The Balaban J connectivity index is 0.00000248. The summed E-state index contributed by atoms with van der Waals surface area (Å²) >= 11 is 1.71. The first-order valence-electron chi connectivity index (χ1n) is 18.2. The summed E-state index contributed by atoms with van der Waals surface area (Å²) in [6.45, 7) is 8.19. The first-order chi connectivity index (χ1) is 24.8. The minimum atomic E-state index is -0.370. The average Bonchev–Trinajstić information content (AvgIpc) is 3.96. The van der Waals surface area contributed by atoms with Crippen LogP contribution in [0.4, 0.5) is 10.8 Å². The van der Waals surface area contributed by atoms with Crippen LogP contribution in [0.3, 0.4) is 0 Å². The van der Waals surface area contributed by atoms with E-state index in [0.29, 0.717) is 48.8 Å². The molecule has 14 heteroatoms. The molecule has 0 bridgehead atoms. The molecule has 2 fully saturated rings. The highest BCUT2D eigenvalue weighted by Gasteiger charge is 2.30. The standard InChI is InChI=1S/C35H45N9O4S.C2H6/c1-21(27-10-6-15-44(27)3)48-30-17-29(39-14-12-26(37)34(45)40-24-13-16-46-20-24)41-33(42-30)32-23(19-47-43-32)9-4-7-22-8-5-11-28-31(22)25(18-36)35(38-2)49-28;1-2/h12,14,17,19,21-22,24,27,38H,4-11,13,15-16,20,37H2,1-3H3,(H,40,45);1-2H3/b26-12-,39-14+;/t21-,22?,24?,27?;/m0./s1. The zero-order valence-electron chi connectivity index (χ0n) is 30.4. The van der Waals surface area contributed by atoms with E-state index in [4.69, 9.17) is 29.7 Å². The smallest absolute Gasteiger partial charge is 0.267 e. The number of hydrogen-bond donors (Lipinski definition) is 3. The van der Waals surface area contributed by atoms with Crippen molar-refractivity contribution in [3.63, 3.8) is 0 Å². The number of likely N-dealkylation sites (N-methyl/N-ethyl adjacent to an activating group) is 1. The third-order valence-electron chi connectivity index (χ3n) is 9.68. The molecule has 6 rings (SSSR count). The van der Waals surface area contributed by atoms with E-state index in [9.17, 15) is 10.1 Å². The number of carbonyl (C=O) groups is 1. The van der Waals surface area contributed by atoms with Crippen molar-refractivity contribution in [2.45, 2.75) is 103 Å². The van der Waals surface area contributed by atoms with E-state index >= 15 is 0 Å². The zero-order chi connectivity index (χ0) is 36.3. The Morgan fingerprint density at radius 1 is 1.29 bits per heavy atom. The second kappa shape index (κ2) is 18.3. The predicted octanol–water partition coefficient (Wildman–Crippen LogP) is 5.89. The molecule has 3 aromatic rings. The fourth-order valence-corrected chi connectivity index (χ4v) is 8.36. The van der Waals surface area contributed by atoms with Crippen LogP contribution in [0.15, 0.2) is 33.6 Å². The van der Waals surface area contributed by atoms with Crippen LogP contribution in [-0.4, -0.2) is 84.2 Å². The Kier molecular flexibility index (Phi) is 13.6. The Hall–Kier alpha value is -4.32. The van der Waals surface area contributed by atoms with E-state index in [1.807, 2.05) is 20.9 Å². The molecule has 13 nitrogen and oxygen atoms in total. The SMILES string of the molecule is CC.CNc1sc2c(c1C#N)C(CCCc1conc1-c1nc(/N=C/C=C(\N)C(=O)NC3CCOC3)cc(O[C@@H](C)C3CCCN3C)n1)CCC2. The van der Waals surface area contributed by atoms with Crippen LogP contribution in [0.2, 0.25) is 0 Å². The number of nitrogens with two attached hydrogens (primary N) is 1. The maximum atomic E-state index is 12.5. The van der Waals surface area contributed by atoms with Crippen LogP contribution in [0, 0.1) is 11.3 Å². The summed E-state index contributed by atoms with van der Waals surface area (Å²) in [7, 11) is 3.99. The molecule has 0 aromatic carbocycles. The molecule has 0 saturated carbocycles. The second-order valence-corrected chi connectivity index (χ2v) is 14.1. The topological polar surface area (TPSA) is 177 Å². The molecule has 4 atom stereocenters. The van der Waals surface area contributed by atoms with Crippen molar-refractivity contribution in [1.29, 1.82) is 5.26 Å². The van der Waals surface area contributed by atoms with Crippen molar-refractivity contribution in [3.05, 3.63) is 45.7 Å². The number of anilines is 1. The zero-order valence-corrected chi connectivity index (χ0v) is 31.2. The molecule has 51 heavy (non-hydrogen) atoms. The summed E-state index contributed by atoms with van der Waals surface area (Å²) in [4.78, 5) is 30.1. The van der Waals surface area contributed by atoms with Gasteiger partial charge in [0, 0.05) is 42.4 Å². The summed E-state index contributed by atoms with van der Waals surface area (Å²) in [5, 5.41) is 21.3. The number of carbonyl (C=O) groups excluding carboxylic acids is 1. The van der Waals surface area contributed by atoms with Gasteiger partial charge in [-0.25, -0.2) is 9.98 Å². The highest BCUT2D eigenvalue weighted by Crippen LogP contribution is 2.45. The lowest BCUT2D eigenvalue weighted by Gasteiger charge is -2.26. The summed E-state index contributed by atoms with van der Waals surface area (Å²) < 4.78 is 17.2. The van der Waals surface area contributed by atoms with Crippen LogP contribution in [-0.2, 0) is 22.4 Å². The van der Waals surface area contributed by atoms with Gasteiger partial charge in [-0.1, -0.05) is 19.0 Å². The first kappa shape index (κ1) is 37.9. The molecule has 5 heterocycles. The van der Waals surface area contributed by atoms with Gasteiger partial charge in [0.1, 0.15) is 23.4 Å². The van der Waals surface area contributed by atoms with Gasteiger partial charge in [0.15, 0.2) is 17.3 Å². The Morgan fingerprint density at radius 3 is 2.86 bits per heavy atom. The lowest BCUT2D eigenvalue weighted by molar-refractivity contribution is -0.118. The minimum Gasteiger partial charge on any atom is -0.473 e. The third kappa shape index (κ3) is 9.32. The molecule has 4 N–H and O–H groups in total. The number of allylic oxidation sites excluding steroid dienone is 1. The number of aryl methyl sites for hydroxylation is 2. The highest BCUT2D eigenvalue weighted by molar-refractivity contribution is 7.16. The van der Waals surface area contributed by atoms with Gasteiger partial charge in [0.05, 0.1) is 23.9 Å².